The van der Waals surface area contributed by atoms with Gasteiger partial charge in [0.1, 0.15) is 0 Å². The maximum Gasteiger partial charge on any atom is 0.155 e. The van der Waals surface area contributed by atoms with E-state index in [4.69, 9.17) is 11.6 Å². The van der Waals surface area contributed by atoms with Crippen LogP contribution in [0.4, 0.5) is 0 Å². The topological polar surface area (TPSA) is 17.1 Å². The SMILES string of the molecule is CC(C)(Cl)[C@@H]1CC[C@@]2(C)CCC(=O)C=C2C1. The third kappa shape index (κ3) is 2.20. The number of rotatable bonds is 1. The van der Waals surface area contributed by atoms with Crippen LogP contribution >= 0.6 is 11.6 Å². The Bertz CT molecular complexity index is 337. The average Bonchev–Trinajstić information content (AvgIpc) is 2.16. The van der Waals surface area contributed by atoms with E-state index in [1.165, 1.54) is 18.4 Å². The number of ketones is 1. The molecule has 0 saturated heterocycles. The van der Waals surface area contributed by atoms with Gasteiger partial charge in [0.05, 0.1) is 0 Å². The monoisotopic (exact) mass is 240 g/mol. The third-order valence-electron chi connectivity index (χ3n) is 4.52. The summed E-state index contributed by atoms with van der Waals surface area (Å²) in [7, 11) is 0. The number of hydrogen-bond donors (Lipinski definition) is 0. The number of carbonyl (C=O) groups excluding carboxylic acids is 1. The molecule has 1 saturated carbocycles. The van der Waals surface area contributed by atoms with E-state index in [9.17, 15) is 4.79 Å². The molecule has 0 unspecified atom stereocenters. The van der Waals surface area contributed by atoms with Gasteiger partial charge in [0.2, 0.25) is 0 Å². The molecule has 0 amide bonds. The third-order valence-corrected chi connectivity index (χ3v) is 4.82. The summed E-state index contributed by atoms with van der Waals surface area (Å²) in [6.45, 7) is 6.49. The van der Waals surface area contributed by atoms with Crippen molar-refractivity contribution in [2.45, 2.75) is 57.7 Å². The molecule has 0 N–H and O–H groups in total. The quantitative estimate of drug-likeness (QED) is 0.631. The summed E-state index contributed by atoms with van der Waals surface area (Å²) in [4.78, 5) is 11.4. The molecule has 16 heavy (non-hydrogen) atoms. The summed E-state index contributed by atoms with van der Waals surface area (Å²) in [6, 6.07) is 0. The van der Waals surface area contributed by atoms with E-state index in [0.717, 1.165) is 19.3 Å². The fourth-order valence-corrected chi connectivity index (χ4v) is 3.22. The van der Waals surface area contributed by atoms with Crippen molar-refractivity contribution in [2.24, 2.45) is 11.3 Å². The lowest BCUT2D eigenvalue weighted by Crippen LogP contribution is -2.37. The number of allylic oxidation sites excluding steroid dienone is 2. The first-order valence-corrected chi connectivity index (χ1v) is 6.62. The van der Waals surface area contributed by atoms with Gasteiger partial charge in [0.25, 0.3) is 0 Å². The number of hydrogen-bond acceptors (Lipinski definition) is 1. The van der Waals surface area contributed by atoms with E-state index in [-0.39, 0.29) is 10.3 Å². The van der Waals surface area contributed by atoms with Crippen LogP contribution in [0.1, 0.15) is 52.9 Å². The summed E-state index contributed by atoms with van der Waals surface area (Å²) in [5.41, 5.74) is 1.64. The minimum absolute atomic E-state index is 0.150. The lowest BCUT2D eigenvalue weighted by Gasteiger charge is -2.45. The molecule has 2 atom stereocenters. The van der Waals surface area contributed by atoms with E-state index < -0.39 is 0 Å². The van der Waals surface area contributed by atoms with Gasteiger partial charge in [-0.25, -0.2) is 0 Å². The zero-order valence-corrected chi connectivity index (χ0v) is 11.2. The number of alkyl halides is 1. The Morgan fingerprint density at radius 3 is 2.75 bits per heavy atom. The Balaban J connectivity index is 2.22. The summed E-state index contributed by atoms with van der Waals surface area (Å²) < 4.78 is 0. The van der Waals surface area contributed by atoms with Crippen LogP contribution < -0.4 is 0 Å². The Labute approximate surface area is 103 Å². The lowest BCUT2D eigenvalue weighted by molar-refractivity contribution is -0.116. The van der Waals surface area contributed by atoms with Crippen LogP contribution in [0.25, 0.3) is 0 Å². The maximum absolute atomic E-state index is 11.5. The highest BCUT2D eigenvalue weighted by molar-refractivity contribution is 6.23. The van der Waals surface area contributed by atoms with Crippen molar-refractivity contribution in [3.63, 3.8) is 0 Å². The van der Waals surface area contributed by atoms with E-state index in [0.29, 0.717) is 11.7 Å². The molecule has 2 aliphatic rings. The molecule has 0 spiro atoms. The van der Waals surface area contributed by atoms with Gasteiger partial charge < -0.3 is 0 Å². The standard InChI is InChI=1S/C14H21ClO/c1-13(2,15)10-4-6-14(3)7-5-12(16)9-11(14)8-10/h9-10H,4-8H2,1-3H3/t10-,14+/m1/s1. The summed E-state index contributed by atoms with van der Waals surface area (Å²) in [5.74, 6) is 0.819. The van der Waals surface area contributed by atoms with Crippen molar-refractivity contribution < 1.29 is 4.79 Å². The molecule has 0 bridgehead atoms. The predicted octanol–water partition coefficient (Wildman–Crippen LogP) is 4.10. The molecule has 1 nitrogen and oxygen atoms in total. The molecule has 1 fully saturated rings. The molecule has 2 aliphatic carbocycles. The predicted molar refractivity (Wildman–Crippen MR) is 67.7 cm³/mol. The molecule has 0 aromatic rings. The first kappa shape index (κ1) is 12.2. The summed E-state index contributed by atoms with van der Waals surface area (Å²) >= 11 is 6.41. The van der Waals surface area contributed by atoms with Crippen molar-refractivity contribution in [1.82, 2.24) is 0 Å². The summed E-state index contributed by atoms with van der Waals surface area (Å²) in [5, 5.41) is 0. The van der Waals surface area contributed by atoms with Crippen molar-refractivity contribution >= 4 is 17.4 Å². The normalized spacial score (nSPS) is 35.6. The zero-order chi connectivity index (χ0) is 12.0. The van der Waals surface area contributed by atoms with Crippen molar-refractivity contribution in [3.8, 4) is 0 Å². The maximum atomic E-state index is 11.5. The molecule has 0 aromatic heterocycles. The van der Waals surface area contributed by atoms with Crippen LogP contribution in [0.3, 0.4) is 0 Å². The second-order valence-electron chi connectivity index (χ2n) is 6.20. The van der Waals surface area contributed by atoms with Gasteiger partial charge >= 0.3 is 0 Å². The highest BCUT2D eigenvalue weighted by Gasteiger charge is 2.41. The lowest BCUT2D eigenvalue weighted by atomic mass is 9.61. The van der Waals surface area contributed by atoms with Crippen LogP contribution in [0.5, 0.6) is 0 Å². The Hall–Kier alpha value is -0.300. The van der Waals surface area contributed by atoms with Gasteiger partial charge in [-0.15, -0.1) is 11.6 Å². The van der Waals surface area contributed by atoms with Gasteiger partial charge in [-0.2, -0.15) is 0 Å². The molecule has 0 heterocycles. The smallest absolute Gasteiger partial charge is 0.155 e. The first-order chi connectivity index (χ1) is 7.31. The van der Waals surface area contributed by atoms with Gasteiger partial charge in [-0.05, 0) is 56.9 Å². The average molecular weight is 241 g/mol. The van der Waals surface area contributed by atoms with Crippen LogP contribution in [-0.4, -0.2) is 10.7 Å². The van der Waals surface area contributed by atoms with Crippen molar-refractivity contribution in [3.05, 3.63) is 11.6 Å². The Morgan fingerprint density at radius 1 is 1.44 bits per heavy atom. The fourth-order valence-electron chi connectivity index (χ4n) is 3.04. The second-order valence-corrected chi connectivity index (χ2v) is 7.17. The largest absolute Gasteiger partial charge is 0.295 e. The molecular formula is C14H21ClO. The minimum atomic E-state index is -0.150. The van der Waals surface area contributed by atoms with Crippen LogP contribution in [0.15, 0.2) is 11.6 Å². The minimum Gasteiger partial charge on any atom is -0.295 e. The van der Waals surface area contributed by atoms with E-state index in [2.05, 4.69) is 20.8 Å². The molecule has 0 radical (unpaired) electrons. The molecule has 0 aromatic carbocycles. The highest BCUT2D eigenvalue weighted by atomic mass is 35.5. The highest BCUT2D eigenvalue weighted by Crippen LogP contribution is 2.51. The molecular weight excluding hydrogens is 220 g/mol. The number of carbonyl (C=O) groups is 1. The van der Waals surface area contributed by atoms with E-state index in [1.807, 2.05) is 6.08 Å². The van der Waals surface area contributed by atoms with Gasteiger partial charge in [0, 0.05) is 11.3 Å². The van der Waals surface area contributed by atoms with Crippen LogP contribution in [0.2, 0.25) is 0 Å². The van der Waals surface area contributed by atoms with Gasteiger partial charge in [0.15, 0.2) is 5.78 Å². The second kappa shape index (κ2) is 3.87. The zero-order valence-electron chi connectivity index (χ0n) is 10.5. The van der Waals surface area contributed by atoms with Crippen molar-refractivity contribution in [2.75, 3.05) is 0 Å². The molecule has 2 rings (SSSR count). The van der Waals surface area contributed by atoms with E-state index in [1.54, 1.807) is 0 Å². The van der Waals surface area contributed by atoms with Crippen LogP contribution in [0, 0.1) is 11.3 Å². The van der Waals surface area contributed by atoms with Crippen molar-refractivity contribution in [1.29, 1.82) is 0 Å². The fraction of sp³-hybridized carbons (Fsp3) is 0.786. The van der Waals surface area contributed by atoms with Crippen LogP contribution in [-0.2, 0) is 4.79 Å². The first-order valence-electron chi connectivity index (χ1n) is 6.24. The number of fused-ring (bicyclic) bond motifs is 1. The Morgan fingerprint density at radius 2 is 2.12 bits per heavy atom. The van der Waals surface area contributed by atoms with E-state index >= 15 is 0 Å². The van der Waals surface area contributed by atoms with Gasteiger partial charge in [-0.3, -0.25) is 4.79 Å². The molecule has 2 heteroatoms. The molecule has 90 valence electrons. The Kier molecular flexibility index (Phi) is 2.94. The summed E-state index contributed by atoms with van der Waals surface area (Å²) in [6.07, 6.45) is 7.06. The molecule has 0 aliphatic heterocycles. The number of halogens is 1. The van der Waals surface area contributed by atoms with Gasteiger partial charge in [-0.1, -0.05) is 12.5 Å².